The maximum Gasteiger partial charge on any atom is 0.355 e. The Morgan fingerprint density at radius 3 is 2.10 bits per heavy atom. The number of allylic oxidation sites excluding steroid dienone is 2. The van der Waals surface area contributed by atoms with Crippen molar-refractivity contribution in [3.63, 3.8) is 0 Å². The van der Waals surface area contributed by atoms with Gasteiger partial charge in [0.05, 0.1) is 19.8 Å². The number of amides is 1. The monoisotopic (exact) mass is 418 g/mol. The summed E-state index contributed by atoms with van der Waals surface area (Å²) < 4.78 is 9.72. The molecule has 158 valence electrons. The van der Waals surface area contributed by atoms with Crippen molar-refractivity contribution >= 4 is 29.2 Å². The molecule has 0 saturated heterocycles. The van der Waals surface area contributed by atoms with E-state index in [1.54, 1.807) is 66.7 Å². The molecule has 2 aromatic carbocycles. The van der Waals surface area contributed by atoms with Crippen molar-refractivity contribution in [1.82, 2.24) is 0 Å². The fraction of sp³-hybridized carbons (Fsp3) is 0.125. The van der Waals surface area contributed by atoms with Gasteiger partial charge in [-0.15, -0.1) is 0 Å². The van der Waals surface area contributed by atoms with Crippen LogP contribution in [-0.4, -0.2) is 39.1 Å². The summed E-state index contributed by atoms with van der Waals surface area (Å²) in [5.41, 5.74) is 1.95. The lowest BCUT2D eigenvalue weighted by Gasteiger charge is -2.24. The Hall–Kier alpha value is -4.13. The minimum Gasteiger partial charge on any atom is -0.465 e. The lowest BCUT2D eigenvalue weighted by Crippen LogP contribution is -2.27. The topological polar surface area (TPSA) is 76.2 Å². The van der Waals surface area contributed by atoms with Crippen LogP contribution < -0.4 is 9.80 Å². The molecule has 0 unspecified atom stereocenters. The molecular weight excluding hydrogens is 396 g/mol. The van der Waals surface area contributed by atoms with Crippen molar-refractivity contribution in [2.45, 2.75) is 0 Å². The molecule has 0 N–H and O–H groups in total. The summed E-state index contributed by atoms with van der Waals surface area (Å²) in [6.45, 7) is 0. The van der Waals surface area contributed by atoms with E-state index in [0.717, 1.165) is 0 Å². The number of methoxy groups -OCH3 is 2. The summed E-state index contributed by atoms with van der Waals surface area (Å²) >= 11 is 0. The zero-order chi connectivity index (χ0) is 22.4. The molecule has 0 atom stereocenters. The van der Waals surface area contributed by atoms with Crippen molar-refractivity contribution in [3.8, 4) is 0 Å². The standard InChI is InChI=1S/C24H22N2O5/c1-25(22(27)17-9-5-4-6-10-17)18-12-14-19(15-13-18)26-16-8-7-11-20(23(28)30-2)21(26)24(29)31-3/h4-16H,1-3H3. The van der Waals surface area contributed by atoms with Gasteiger partial charge in [-0.25, -0.2) is 9.59 Å². The number of hydrogen-bond donors (Lipinski definition) is 0. The Balaban J connectivity index is 1.95. The molecule has 0 radical (unpaired) electrons. The molecule has 7 heteroatoms. The minimum absolute atomic E-state index is 0.0285. The molecule has 0 bridgehead atoms. The van der Waals surface area contributed by atoms with E-state index < -0.39 is 11.9 Å². The van der Waals surface area contributed by atoms with E-state index in [9.17, 15) is 14.4 Å². The van der Waals surface area contributed by atoms with Crippen molar-refractivity contribution < 1.29 is 23.9 Å². The van der Waals surface area contributed by atoms with Gasteiger partial charge < -0.3 is 19.3 Å². The van der Waals surface area contributed by atoms with Gasteiger partial charge in [0.15, 0.2) is 0 Å². The highest BCUT2D eigenvalue weighted by Gasteiger charge is 2.27. The van der Waals surface area contributed by atoms with Crippen LogP contribution in [0.2, 0.25) is 0 Å². The predicted octanol–water partition coefficient (Wildman–Crippen LogP) is 3.45. The van der Waals surface area contributed by atoms with Gasteiger partial charge in [0.1, 0.15) is 5.70 Å². The normalized spacial score (nSPS) is 12.9. The highest BCUT2D eigenvalue weighted by molar-refractivity contribution is 6.06. The number of benzene rings is 2. The molecule has 1 aliphatic heterocycles. The van der Waals surface area contributed by atoms with Gasteiger partial charge in [-0.3, -0.25) is 4.79 Å². The molecule has 2 aromatic rings. The van der Waals surface area contributed by atoms with Gasteiger partial charge >= 0.3 is 11.9 Å². The van der Waals surface area contributed by atoms with Crippen LogP contribution >= 0.6 is 0 Å². The SMILES string of the molecule is COC(=O)C1=C(C(=O)OC)N(c2ccc(N(C)C(=O)c3ccccc3)cc2)C=CC=C1. The van der Waals surface area contributed by atoms with Gasteiger partial charge in [0, 0.05) is 30.2 Å². The minimum atomic E-state index is -0.683. The Morgan fingerprint density at radius 1 is 0.839 bits per heavy atom. The van der Waals surface area contributed by atoms with E-state index >= 15 is 0 Å². The largest absolute Gasteiger partial charge is 0.465 e. The Labute approximate surface area is 180 Å². The molecule has 31 heavy (non-hydrogen) atoms. The Morgan fingerprint density at radius 2 is 1.48 bits per heavy atom. The third-order valence-electron chi connectivity index (χ3n) is 4.73. The van der Waals surface area contributed by atoms with E-state index in [2.05, 4.69) is 0 Å². The lowest BCUT2D eigenvalue weighted by atomic mass is 10.1. The van der Waals surface area contributed by atoms with Crippen LogP contribution in [0.1, 0.15) is 10.4 Å². The van der Waals surface area contributed by atoms with E-state index in [0.29, 0.717) is 16.9 Å². The summed E-state index contributed by atoms with van der Waals surface area (Å²) in [6, 6.07) is 16.0. The first-order valence-electron chi connectivity index (χ1n) is 9.46. The quantitative estimate of drug-likeness (QED) is 0.693. The summed E-state index contributed by atoms with van der Waals surface area (Å²) in [4.78, 5) is 40.5. The van der Waals surface area contributed by atoms with Crippen LogP contribution in [0.15, 0.2) is 90.3 Å². The third-order valence-corrected chi connectivity index (χ3v) is 4.73. The Kier molecular flexibility index (Phi) is 6.67. The van der Waals surface area contributed by atoms with Gasteiger partial charge in [0.25, 0.3) is 5.91 Å². The summed E-state index contributed by atoms with van der Waals surface area (Å²) in [6.07, 6.45) is 6.47. The summed E-state index contributed by atoms with van der Waals surface area (Å²) in [5.74, 6) is -1.48. The average molecular weight is 418 g/mol. The molecule has 0 spiro atoms. The Bertz CT molecular complexity index is 1070. The van der Waals surface area contributed by atoms with Crippen molar-refractivity contribution in [3.05, 3.63) is 95.9 Å². The second-order valence-electron chi connectivity index (χ2n) is 6.56. The molecule has 0 saturated carbocycles. The highest BCUT2D eigenvalue weighted by atomic mass is 16.5. The van der Waals surface area contributed by atoms with Crippen LogP contribution in [0.3, 0.4) is 0 Å². The highest BCUT2D eigenvalue weighted by Crippen LogP contribution is 2.28. The second-order valence-corrected chi connectivity index (χ2v) is 6.56. The number of nitrogens with zero attached hydrogens (tertiary/aromatic N) is 2. The fourth-order valence-corrected chi connectivity index (χ4v) is 3.09. The molecule has 0 aliphatic carbocycles. The van der Waals surface area contributed by atoms with Crippen molar-refractivity contribution in [1.29, 1.82) is 0 Å². The van der Waals surface area contributed by atoms with Gasteiger partial charge in [0.2, 0.25) is 0 Å². The molecule has 1 heterocycles. The number of ether oxygens (including phenoxy) is 2. The van der Waals surface area contributed by atoms with Crippen LogP contribution in [0.5, 0.6) is 0 Å². The molecule has 1 aliphatic rings. The molecular formula is C24H22N2O5. The number of anilines is 2. The van der Waals surface area contributed by atoms with Crippen LogP contribution in [0.4, 0.5) is 11.4 Å². The molecule has 7 nitrogen and oxygen atoms in total. The van der Waals surface area contributed by atoms with Gasteiger partial charge in [-0.05, 0) is 48.6 Å². The van der Waals surface area contributed by atoms with Crippen LogP contribution in [0, 0.1) is 0 Å². The van der Waals surface area contributed by atoms with E-state index in [-0.39, 0.29) is 17.2 Å². The van der Waals surface area contributed by atoms with Crippen molar-refractivity contribution in [2.24, 2.45) is 0 Å². The first-order valence-corrected chi connectivity index (χ1v) is 9.46. The molecule has 1 amide bonds. The first kappa shape index (κ1) is 21.6. The molecule has 0 aromatic heterocycles. The first-order chi connectivity index (χ1) is 15.0. The summed E-state index contributed by atoms with van der Waals surface area (Å²) in [7, 11) is 4.18. The zero-order valence-electron chi connectivity index (χ0n) is 17.4. The number of esters is 2. The molecule has 0 fully saturated rings. The van der Waals surface area contributed by atoms with E-state index in [1.165, 1.54) is 25.2 Å². The molecule has 3 rings (SSSR count). The number of hydrogen-bond acceptors (Lipinski definition) is 6. The van der Waals surface area contributed by atoms with Crippen molar-refractivity contribution in [2.75, 3.05) is 31.1 Å². The third kappa shape index (κ3) is 4.56. The number of carbonyl (C=O) groups excluding carboxylic acids is 3. The predicted molar refractivity (Wildman–Crippen MR) is 117 cm³/mol. The fourth-order valence-electron chi connectivity index (χ4n) is 3.09. The maximum atomic E-state index is 12.7. The van der Waals surface area contributed by atoms with Gasteiger partial charge in [-0.2, -0.15) is 0 Å². The zero-order valence-corrected chi connectivity index (χ0v) is 17.4. The number of rotatable bonds is 5. The maximum absolute atomic E-state index is 12.7. The second kappa shape index (κ2) is 9.58. The smallest absolute Gasteiger partial charge is 0.355 e. The summed E-state index contributed by atoms with van der Waals surface area (Å²) in [5, 5.41) is 0. The van der Waals surface area contributed by atoms with Crippen LogP contribution in [0.25, 0.3) is 0 Å². The van der Waals surface area contributed by atoms with E-state index in [1.807, 2.05) is 18.2 Å². The van der Waals surface area contributed by atoms with Crippen LogP contribution in [-0.2, 0) is 19.1 Å². The lowest BCUT2D eigenvalue weighted by molar-refractivity contribution is -0.139. The van der Waals surface area contributed by atoms with E-state index in [4.69, 9.17) is 9.47 Å². The average Bonchev–Trinajstić information content (AvgIpc) is 3.06. The van der Waals surface area contributed by atoms with Gasteiger partial charge in [-0.1, -0.05) is 24.3 Å². The number of carbonyl (C=O) groups is 3.